The first-order valence-corrected chi connectivity index (χ1v) is 8.18. The lowest BCUT2D eigenvalue weighted by molar-refractivity contribution is -0.133. The van der Waals surface area contributed by atoms with Gasteiger partial charge in [0.15, 0.2) is 0 Å². The third kappa shape index (κ3) is 3.69. The zero-order valence-corrected chi connectivity index (χ0v) is 14.3. The highest BCUT2D eigenvalue weighted by Crippen LogP contribution is 2.60. The Labute approximate surface area is 133 Å². The van der Waals surface area contributed by atoms with Gasteiger partial charge in [0.2, 0.25) is 11.8 Å². The fourth-order valence-corrected chi connectivity index (χ4v) is 3.59. The Morgan fingerprint density at radius 3 is 2.45 bits per heavy atom. The first-order valence-electron chi connectivity index (χ1n) is 8.18. The van der Waals surface area contributed by atoms with Gasteiger partial charge in [-0.1, -0.05) is 25.5 Å². The molecule has 1 saturated carbocycles. The van der Waals surface area contributed by atoms with Crippen molar-refractivity contribution in [3.05, 3.63) is 11.6 Å². The van der Waals surface area contributed by atoms with Crippen LogP contribution in [0.2, 0.25) is 0 Å². The van der Waals surface area contributed by atoms with Crippen molar-refractivity contribution in [3.63, 3.8) is 0 Å². The lowest BCUT2D eigenvalue weighted by Crippen LogP contribution is -2.39. The maximum absolute atomic E-state index is 12.8. The summed E-state index contributed by atoms with van der Waals surface area (Å²) in [4.78, 5) is 27.9. The molecule has 0 bridgehead atoms. The Bertz CT molecular complexity index is 480. The van der Waals surface area contributed by atoms with E-state index in [1.54, 1.807) is 0 Å². The number of amides is 2. The van der Waals surface area contributed by atoms with E-state index in [-0.39, 0.29) is 29.7 Å². The Morgan fingerprint density at radius 1 is 1.18 bits per heavy atom. The maximum atomic E-state index is 12.8. The summed E-state index contributed by atoms with van der Waals surface area (Å²) in [6, 6.07) is 0. The minimum atomic E-state index is -0.299. The molecule has 22 heavy (non-hydrogen) atoms. The van der Waals surface area contributed by atoms with Crippen molar-refractivity contribution >= 4 is 11.8 Å². The molecule has 0 aromatic heterocycles. The van der Waals surface area contributed by atoms with Crippen LogP contribution in [-0.4, -0.2) is 54.3 Å². The number of nitrogens with zero attached hydrogens (tertiary/aromatic N) is 2. The van der Waals surface area contributed by atoms with Crippen LogP contribution < -0.4 is 5.73 Å². The van der Waals surface area contributed by atoms with Crippen LogP contribution in [-0.2, 0) is 9.59 Å². The highest BCUT2D eigenvalue weighted by Gasteiger charge is 2.61. The first-order chi connectivity index (χ1) is 10.2. The molecule has 0 aromatic carbocycles. The molecule has 5 heteroatoms. The highest BCUT2D eigenvalue weighted by atomic mass is 16.2. The van der Waals surface area contributed by atoms with Crippen molar-refractivity contribution in [1.29, 1.82) is 0 Å². The van der Waals surface area contributed by atoms with Crippen LogP contribution >= 0.6 is 0 Å². The van der Waals surface area contributed by atoms with Crippen LogP contribution in [0.3, 0.4) is 0 Å². The van der Waals surface area contributed by atoms with Gasteiger partial charge >= 0.3 is 0 Å². The summed E-state index contributed by atoms with van der Waals surface area (Å²) in [6.07, 6.45) is 3.14. The summed E-state index contributed by atoms with van der Waals surface area (Å²) in [7, 11) is 0. The molecule has 124 valence electrons. The van der Waals surface area contributed by atoms with Gasteiger partial charge in [0.05, 0.1) is 12.5 Å². The van der Waals surface area contributed by atoms with Crippen LogP contribution in [0.1, 0.15) is 34.1 Å². The molecule has 2 fully saturated rings. The van der Waals surface area contributed by atoms with Crippen molar-refractivity contribution in [2.45, 2.75) is 34.1 Å². The van der Waals surface area contributed by atoms with Gasteiger partial charge in [-0.2, -0.15) is 0 Å². The van der Waals surface area contributed by atoms with Gasteiger partial charge in [-0.05, 0) is 31.6 Å². The molecule has 1 aliphatic carbocycles. The molecule has 2 atom stereocenters. The molecule has 0 aromatic rings. The van der Waals surface area contributed by atoms with Crippen molar-refractivity contribution in [3.8, 4) is 0 Å². The second-order valence-electron chi connectivity index (χ2n) is 7.49. The average molecular weight is 307 g/mol. The van der Waals surface area contributed by atoms with E-state index in [0.29, 0.717) is 12.5 Å². The molecular weight excluding hydrogens is 278 g/mol. The summed E-state index contributed by atoms with van der Waals surface area (Å²) in [5.74, 6) is 0.431. The molecule has 5 nitrogen and oxygen atoms in total. The fraction of sp³-hybridized carbons (Fsp3) is 0.765. The number of primary amides is 1. The summed E-state index contributed by atoms with van der Waals surface area (Å²) in [5, 5.41) is 0. The number of hydrogen-bond donors (Lipinski definition) is 1. The Morgan fingerprint density at radius 2 is 1.86 bits per heavy atom. The molecule has 0 radical (unpaired) electrons. The quantitative estimate of drug-likeness (QED) is 0.795. The van der Waals surface area contributed by atoms with Crippen LogP contribution in [0.4, 0.5) is 0 Å². The number of carbonyl (C=O) groups is 2. The van der Waals surface area contributed by atoms with Crippen LogP contribution in [0.15, 0.2) is 11.6 Å². The molecule has 0 spiro atoms. The van der Waals surface area contributed by atoms with E-state index in [2.05, 4.69) is 33.8 Å². The van der Waals surface area contributed by atoms with Gasteiger partial charge in [0.25, 0.3) is 0 Å². The van der Waals surface area contributed by atoms with E-state index < -0.39 is 0 Å². The van der Waals surface area contributed by atoms with E-state index in [1.165, 1.54) is 5.57 Å². The van der Waals surface area contributed by atoms with E-state index in [4.69, 9.17) is 5.73 Å². The Hall–Kier alpha value is -1.36. The second-order valence-corrected chi connectivity index (χ2v) is 7.49. The van der Waals surface area contributed by atoms with Crippen molar-refractivity contribution in [2.75, 3.05) is 32.7 Å². The van der Waals surface area contributed by atoms with Gasteiger partial charge < -0.3 is 10.6 Å². The van der Waals surface area contributed by atoms with Gasteiger partial charge in [-0.15, -0.1) is 0 Å². The van der Waals surface area contributed by atoms with Crippen LogP contribution in [0.5, 0.6) is 0 Å². The summed E-state index contributed by atoms with van der Waals surface area (Å²) >= 11 is 0. The third-order valence-corrected chi connectivity index (χ3v) is 4.97. The minimum Gasteiger partial charge on any atom is -0.369 e. The molecular formula is C17H29N3O2. The molecule has 1 saturated heterocycles. The number of hydrogen-bond acceptors (Lipinski definition) is 3. The summed E-state index contributed by atoms with van der Waals surface area (Å²) in [6.45, 7) is 11.9. The van der Waals surface area contributed by atoms with Gasteiger partial charge in [-0.3, -0.25) is 14.5 Å². The number of carbonyl (C=O) groups excluding carboxylic acids is 2. The van der Waals surface area contributed by atoms with Gasteiger partial charge in [-0.25, -0.2) is 0 Å². The van der Waals surface area contributed by atoms with E-state index in [0.717, 1.165) is 26.1 Å². The number of rotatable bonds is 4. The maximum Gasteiger partial charge on any atom is 0.231 e. The second kappa shape index (κ2) is 6.41. The molecule has 2 N–H and O–H groups in total. The summed E-state index contributed by atoms with van der Waals surface area (Å²) < 4.78 is 0. The monoisotopic (exact) mass is 307 g/mol. The third-order valence-electron chi connectivity index (χ3n) is 4.97. The molecule has 1 aliphatic heterocycles. The Kier molecular flexibility index (Phi) is 4.95. The predicted octanol–water partition coefficient (Wildman–Crippen LogP) is 1.24. The topological polar surface area (TPSA) is 66.6 Å². The predicted molar refractivity (Wildman–Crippen MR) is 87.0 cm³/mol. The molecule has 2 amide bonds. The Balaban J connectivity index is 1.96. The van der Waals surface area contributed by atoms with Crippen LogP contribution in [0, 0.1) is 17.3 Å². The van der Waals surface area contributed by atoms with Gasteiger partial charge in [0.1, 0.15) is 0 Å². The zero-order chi connectivity index (χ0) is 16.5. The SMILES string of the molecule is CC(C)=CC1C(C(=O)N2CCCN(CC(N)=O)CC2)C1(C)C. The normalized spacial score (nSPS) is 27.9. The summed E-state index contributed by atoms with van der Waals surface area (Å²) in [5.41, 5.74) is 6.60. The molecule has 2 rings (SSSR count). The number of nitrogens with two attached hydrogens (primary N) is 1. The molecule has 1 heterocycles. The standard InChI is InChI=1S/C17H29N3O2/c1-12(2)10-13-15(17(13,3)4)16(22)20-7-5-6-19(8-9-20)11-14(18)21/h10,13,15H,5-9,11H2,1-4H3,(H2,18,21). The lowest BCUT2D eigenvalue weighted by Gasteiger charge is -2.22. The van der Waals surface area contributed by atoms with E-state index in [1.807, 2.05) is 9.80 Å². The zero-order valence-electron chi connectivity index (χ0n) is 14.3. The smallest absolute Gasteiger partial charge is 0.231 e. The fourth-order valence-electron chi connectivity index (χ4n) is 3.59. The minimum absolute atomic E-state index is 0.0631. The van der Waals surface area contributed by atoms with Crippen molar-refractivity contribution < 1.29 is 9.59 Å². The van der Waals surface area contributed by atoms with Gasteiger partial charge in [0, 0.05) is 26.2 Å². The van der Waals surface area contributed by atoms with Crippen LogP contribution in [0.25, 0.3) is 0 Å². The average Bonchev–Trinajstić information content (AvgIpc) is 3.00. The highest BCUT2D eigenvalue weighted by molar-refractivity contribution is 5.84. The van der Waals surface area contributed by atoms with E-state index >= 15 is 0 Å². The molecule has 2 unspecified atom stereocenters. The lowest BCUT2D eigenvalue weighted by atomic mass is 10.1. The van der Waals surface area contributed by atoms with Crippen molar-refractivity contribution in [2.24, 2.45) is 23.0 Å². The first kappa shape index (κ1) is 17.0. The largest absolute Gasteiger partial charge is 0.369 e. The number of allylic oxidation sites excluding steroid dienone is 2. The van der Waals surface area contributed by atoms with Crippen molar-refractivity contribution in [1.82, 2.24) is 9.80 Å². The van der Waals surface area contributed by atoms with E-state index in [9.17, 15) is 9.59 Å². The molecule has 2 aliphatic rings.